The van der Waals surface area contributed by atoms with Gasteiger partial charge in [0.1, 0.15) is 12.4 Å². The maximum Gasteiger partial charge on any atom is 0.263 e. The first-order valence-electron chi connectivity index (χ1n) is 9.65. The van der Waals surface area contributed by atoms with Crippen LogP contribution in [-0.2, 0) is 22.8 Å². The second-order valence-electron chi connectivity index (χ2n) is 6.71. The average Bonchev–Trinajstić information content (AvgIpc) is 2.81. The number of amidine groups is 1. The van der Waals surface area contributed by atoms with Gasteiger partial charge < -0.3 is 20.6 Å². The number of hydrogen-bond donors (Lipinski definition) is 2. The summed E-state index contributed by atoms with van der Waals surface area (Å²) >= 11 is 6.09. The molecule has 3 aromatic rings. The summed E-state index contributed by atoms with van der Waals surface area (Å²) in [6.07, 6.45) is 2.62. The van der Waals surface area contributed by atoms with Crippen LogP contribution in [0.5, 0.6) is 5.75 Å². The molecule has 0 fully saturated rings. The van der Waals surface area contributed by atoms with Crippen molar-refractivity contribution in [2.75, 3.05) is 0 Å². The summed E-state index contributed by atoms with van der Waals surface area (Å²) in [6.45, 7) is 2.27. The number of oxime groups is 1. The smallest absolute Gasteiger partial charge is 0.263 e. The Morgan fingerprint density at radius 1 is 1.19 bits per heavy atom. The zero-order chi connectivity index (χ0) is 22.1. The van der Waals surface area contributed by atoms with E-state index in [1.165, 1.54) is 0 Å². The van der Waals surface area contributed by atoms with Crippen LogP contribution in [0.3, 0.4) is 0 Å². The van der Waals surface area contributed by atoms with Crippen LogP contribution in [0.4, 0.5) is 0 Å². The van der Waals surface area contributed by atoms with Crippen molar-refractivity contribution in [2.24, 2.45) is 10.9 Å². The summed E-state index contributed by atoms with van der Waals surface area (Å²) in [5.74, 6) is 0.438. The summed E-state index contributed by atoms with van der Waals surface area (Å²) in [5.41, 5.74) is 8.40. The van der Waals surface area contributed by atoms with E-state index in [4.69, 9.17) is 26.9 Å². The van der Waals surface area contributed by atoms with Crippen LogP contribution in [0, 0.1) is 0 Å². The fourth-order valence-corrected chi connectivity index (χ4v) is 2.80. The van der Waals surface area contributed by atoms with Crippen molar-refractivity contribution in [2.45, 2.75) is 26.2 Å². The lowest BCUT2D eigenvalue weighted by Crippen LogP contribution is -2.33. The Kier molecular flexibility index (Phi) is 7.84. The van der Waals surface area contributed by atoms with E-state index in [1.807, 2.05) is 36.4 Å². The third kappa shape index (κ3) is 6.72. The number of rotatable bonds is 9. The number of pyridine rings is 1. The largest absolute Gasteiger partial charge is 0.489 e. The van der Waals surface area contributed by atoms with Gasteiger partial charge in [-0.2, -0.15) is 0 Å². The summed E-state index contributed by atoms with van der Waals surface area (Å²) in [5, 5.41) is 7.24. The van der Waals surface area contributed by atoms with Crippen LogP contribution in [0.1, 0.15) is 23.6 Å². The quantitative estimate of drug-likeness (QED) is 0.302. The predicted molar refractivity (Wildman–Crippen MR) is 120 cm³/mol. The molecular weight excluding hydrogens is 416 g/mol. The summed E-state index contributed by atoms with van der Waals surface area (Å²) in [6, 6.07) is 18.2. The van der Waals surface area contributed by atoms with E-state index in [0.717, 1.165) is 11.1 Å². The maximum absolute atomic E-state index is 12.2. The van der Waals surface area contributed by atoms with Crippen LogP contribution in [0.25, 0.3) is 0 Å². The number of hydrogen-bond acceptors (Lipinski definition) is 5. The first-order valence-corrected chi connectivity index (χ1v) is 10.0. The number of carbonyl (C=O) groups excluding carboxylic acids is 1. The Bertz CT molecular complexity index is 1040. The molecule has 3 N–H and O–H groups in total. The van der Waals surface area contributed by atoms with Crippen LogP contribution in [0.2, 0.25) is 5.02 Å². The molecule has 0 radical (unpaired) electrons. The van der Waals surface area contributed by atoms with E-state index in [0.29, 0.717) is 29.5 Å². The molecule has 1 unspecified atom stereocenters. The van der Waals surface area contributed by atoms with E-state index < -0.39 is 6.10 Å². The highest BCUT2D eigenvalue weighted by molar-refractivity contribution is 6.31. The monoisotopic (exact) mass is 438 g/mol. The number of amides is 1. The normalized spacial score (nSPS) is 12.1. The van der Waals surface area contributed by atoms with Gasteiger partial charge in [-0.15, -0.1) is 0 Å². The Hall–Kier alpha value is -3.58. The highest BCUT2D eigenvalue weighted by Crippen LogP contribution is 2.16. The molecule has 0 aliphatic rings. The molecule has 7 nitrogen and oxygen atoms in total. The van der Waals surface area contributed by atoms with E-state index in [2.05, 4.69) is 15.5 Å². The van der Waals surface area contributed by atoms with E-state index in [1.54, 1.807) is 43.6 Å². The van der Waals surface area contributed by atoms with Crippen molar-refractivity contribution >= 4 is 23.3 Å². The second-order valence-corrected chi connectivity index (χ2v) is 7.12. The van der Waals surface area contributed by atoms with Gasteiger partial charge in [-0.1, -0.05) is 53.2 Å². The molecule has 0 bridgehead atoms. The molecule has 1 aromatic heterocycles. The topological polar surface area (TPSA) is 98.8 Å². The van der Waals surface area contributed by atoms with Crippen LogP contribution in [0.15, 0.2) is 78.2 Å². The molecule has 0 spiro atoms. The molecule has 0 saturated heterocycles. The van der Waals surface area contributed by atoms with Crippen LogP contribution in [-0.4, -0.2) is 22.8 Å². The Labute approximate surface area is 185 Å². The second kappa shape index (κ2) is 11.0. The van der Waals surface area contributed by atoms with Crippen molar-refractivity contribution in [3.63, 3.8) is 0 Å². The fraction of sp³-hybridized carbons (Fsp3) is 0.174. The molecule has 1 heterocycles. The van der Waals surface area contributed by atoms with Gasteiger partial charge in [0.15, 0.2) is 5.84 Å². The summed E-state index contributed by atoms with van der Waals surface area (Å²) in [4.78, 5) is 21.6. The van der Waals surface area contributed by atoms with E-state index >= 15 is 0 Å². The highest BCUT2D eigenvalue weighted by atomic mass is 35.5. The molecule has 0 aliphatic carbocycles. The number of nitrogens with one attached hydrogen (secondary N) is 1. The number of nitrogens with zero attached hydrogens (tertiary/aromatic N) is 2. The molecule has 8 heteroatoms. The van der Waals surface area contributed by atoms with Gasteiger partial charge in [0.25, 0.3) is 5.91 Å². The lowest BCUT2D eigenvalue weighted by molar-refractivity contribution is -0.131. The molecular formula is C23H23ClN4O3. The van der Waals surface area contributed by atoms with Crippen molar-refractivity contribution in [1.29, 1.82) is 0 Å². The summed E-state index contributed by atoms with van der Waals surface area (Å²) < 4.78 is 5.76. The lowest BCUT2D eigenvalue weighted by atomic mass is 10.2. The first kappa shape index (κ1) is 22.1. The van der Waals surface area contributed by atoms with Crippen molar-refractivity contribution in [3.05, 3.63) is 94.8 Å². The van der Waals surface area contributed by atoms with Gasteiger partial charge in [-0.25, -0.2) is 0 Å². The van der Waals surface area contributed by atoms with Gasteiger partial charge >= 0.3 is 0 Å². The minimum atomic E-state index is -0.828. The molecule has 1 amide bonds. The number of aromatic nitrogens is 1. The van der Waals surface area contributed by atoms with Gasteiger partial charge in [-0.3, -0.25) is 9.78 Å². The molecule has 1 atom stereocenters. The fourth-order valence-electron chi connectivity index (χ4n) is 2.60. The molecule has 160 valence electrons. The van der Waals surface area contributed by atoms with Crippen LogP contribution < -0.4 is 15.8 Å². The minimum Gasteiger partial charge on any atom is -0.489 e. The SMILES string of the molecule is CC(O/N=C(/N)c1cccc(OCc2cccnc2)c1)C(=O)NCc1ccccc1Cl. The minimum absolute atomic E-state index is 0.137. The molecule has 0 saturated carbocycles. The Morgan fingerprint density at radius 3 is 2.81 bits per heavy atom. The molecule has 31 heavy (non-hydrogen) atoms. The van der Waals surface area contributed by atoms with Crippen LogP contribution >= 0.6 is 11.6 Å². The predicted octanol–water partition coefficient (Wildman–Crippen LogP) is 3.66. The lowest BCUT2D eigenvalue weighted by Gasteiger charge is -2.12. The van der Waals surface area contributed by atoms with Gasteiger partial charge in [-0.05, 0) is 36.8 Å². The van der Waals surface area contributed by atoms with Gasteiger partial charge in [0.05, 0.1) is 0 Å². The Morgan fingerprint density at radius 2 is 2.03 bits per heavy atom. The number of carbonyl (C=O) groups is 1. The molecule has 2 aromatic carbocycles. The third-order valence-corrected chi connectivity index (χ3v) is 4.72. The van der Waals surface area contributed by atoms with Crippen molar-refractivity contribution in [1.82, 2.24) is 10.3 Å². The van der Waals surface area contributed by atoms with Gasteiger partial charge in [0.2, 0.25) is 6.10 Å². The van der Waals surface area contributed by atoms with Crippen molar-refractivity contribution in [3.8, 4) is 5.75 Å². The first-order chi connectivity index (χ1) is 15.0. The number of ether oxygens (including phenoxy) is 1. The number of halogens is 1. The van der Waals surface area contributed by atoms with Gasteiger partial charge in [0, 0.05) is 35.1 Å². The number of nitrogens with two attached hydrogens (primary N) is 1. The van der Waals surface area contributed by atoms with E-state index in [-0.39, 0.29) is 11.7 Å². The van der Waals surface area contributed by atoms with Crippen molar-refractivity contribution < 1.29 is 14.4 Å². The highest BCUT2D eigenvalue weighted by Gasteiger charge is 2.15. The number of benzene rings is 2. The third-order valence-electron chi connectivity index (χ3n) is 4.35. The maximum atomic E-state index is 12.2. The Balaban J connectivity index is 1.53. The average molecular weight is 439 g/mol. The standard InChI is InChI=1S/C23H23ClN4O3/c1-16(23(29)27-14-19-7-2-3-10-21(19)24)31-28-22(25)18-8-4-9-20(12-18)30-15-17-6-5-11-26-13-17/h2-13,16H,14-15H2,1H3,(H2,25,28)(H,27,29). The summed E-state index contributed by atoms with van der Waals surface area (Å²) in [7, 11) is 0. The zero-order valence-electron chi connectivity index (χ0n) is 17.0. The van der Waals surface area contributed by atoms with E-state index in [9.17, 15) is 4.79 Å². The zero-order valence-corrected chi connectivity index (χ0v) is 17.8. The molecule has 3 rings (SSSR count). The molecule has 0 aliphatic heterocycles.